The Labute approximate surface area is 254 Å². The first-order valence-corrected chi connectivity index (χ1v) is 14.4. The van der Waals surface area contributed by atoms with Crippen LogP contribution in [0.15, 0.2) is 48.5 Å². The third kappa shape index (κ3) is 10.6. The Morgan fingerprint density at radius 3 is 2.32 bits per heavy atom. The number of benzene rings is 2. The van der Waals surface area contributed by atoms with E-state index in [0.717, 1.165) is 41.4 Å². The number of hydrogen-bond acceptors (Lipinski definition) is 7. The molecule has 2 aromatic rings. The second-order valence-corrected chi connectivity index (χ2v) is 11.3. The zero-order valence-electron chi connectivity index (χ0n) is 23.5. The summed E-state index contributed by atoms with van der Waals surface area (Å²) in [5, 5.41) is 15.5. The number of nitrogens with one attached hydrogen (secondary N) is 2. The Bertz CT molecular complexity index is 1330. The highest BCUT2D eigenvalue weighted by Gasteiger charge is 2.26. The third-order valence-electron chi connectivity index (χ3n) is 6.28. The molecule has 0 spiro atoms. The molecule has 1 saturated heterocycles. The minimum absolute atomic E-state index is 0. The van der Waals surface area contributed by atoms with Gasteiger partial charge < -0.3 is 20.1 Å². The SMILES string of the molecule is CCOC(=O)CS(=O)(=O)N(C/C=C/c1cc(C)cc(C(=N)N)c1)c1ccc(OC2CCN(C(C)=N)CC2)cc1.Cl.Cl. The molecule has 13 heteroatoms. The summed E-state index contributed by atoms with van der Waals surface area (Å²) in [5.74, 6) is -0.472. The lowest BCUT2D eigenvalue weighted by atomic mass is 10.1. The minimum Gasteiger partial charge on any atom is -0.490 e. The van der Waals surface area contributed by atoms with Crippen LogP contribution < -0.4 is 14.8 Å². The molecule has 1 aliphatic heterocycles. The van der Waals surface area contributed by atoms with Gasteiger partial charge in [-0.3, -0.25) is 19.9 Å². The van der Waals surface area contributed by atoms with Gasteiger partial charge in [0.2, 0.25) is 10.0 Å². The van der Waals surface area contributed by atoms with Gasteiger partial charge in [0.1, 0.15) is 17.7 Å². The summed E-state index contributed by atoms with van der Waals surface area (Å²) in [7, 11) is -4.05. The van der Waals surface area contributed by atoms with Crippen molar-refractivity contribution in [1.82, 2.24) is 4.90 Å². The minimum atomic E-state index is -4.05. The van der Waals surface area contributed by atoms with Gasteiger partial charge in [-0.2, -0.15) is 0 Å². The number of hydrogen-bond donors (Lipinski definition) is 3. The van der Waals surface area contributed by atoms with Gasteiger partial charge in [0.25, 0.3) is 0 Å². The van der Waals surface area contributed by atoms with E-state index in [-0.39, 0.29) is 49.9 Å². The fraction of sp³-hybridized carbons (Fsp3) is 0.393. The van der Waals surface area contributed by atoms with Crippen LogP contribution in [0.1, 0.15) is 43.4 Å². The standard InChI is InChI=1S/C28H37N5O5S.2ClH/c1-4-37-27(34)19-39(35,36)33(13-5-6-22-16-20(2)17-23(18-22)28(30)31)24-7-9-25(10-8-24)38-26-11-14-32(15-12-26)21(3)29;;/h5-10,16-18,26,29H,4,11-15,19H2,1-3H3,(H3,30,31);2*1H/b6-5+,29-21?;;. The molecule has 226 valence electrons. The van der Waals surface area contributed by atoms with Gasteiger partial charge in [0, 0.05) is 31.5 Å². The van der Waals surface area contributed by atoms with Crippen molar-refractivity contribution in [2.75, 3.05) is 36.3 Å². The lowest BCUT2D eigenvalue weighted by molar-refractivity contribution is -0.139. The molecular formula is C28H39Cl2N5O5S. The number of esters is 1. The van der Waals surface area contributed by atoms with Crippen LogP contribution in [0.4, 0.5) is 5.69 Å². The number of rotatable bonds is 11. The Balaban J connectivity index is 0.00000420. The zero-order chi connectivity index (χ0) is 28.6. The first-order chi connectivity index (χ1) is 18.5. The average Bonchev–Trinajstić information content (AvgIpc) is 2.87. The molecule has 0 unspecified atom stereocenters. The molecule has 3 rings (SSSR count). The molecule has 0 amide bonds. The van der Waals surface area contributed by atoms with E-state index < -0.39 is 21.7 Å². The number of ether oxygens (including phenoxy) is 2. The Hall–Kier alpha value is -3.28. The van der Waals surface area contributed by atoms with Gasteiger partial charge in [0.05, 0.1) is 24.7 Å². The molecule has 0 aromatic heterocycles. The van der Waals surface area contributed by atoms with E-state index in [9.17, 15) is 13.2 Å². The number of nitrogen functional groups attached to an aromatic ring is 1. The molecule has 0 radical (unpaired) electrons. The van der Waals surface area contributed by atoms with Crippen molar-refractivity contribution < 1.29 is 22.7 Å². The van der Waals surface area contributed by atoms with Crippen molar-refractivity contribution in [2.45, 2.75) is 39.7 Å². The molecular weight excluding hydrogens is 589 g/mol. The Morgan fingerprint density at radius 1 is 1.12 bits per heavy atom. The van der Waals surface area contributed by atoms with Crippen LogP contribution in [0, 0.1) is 17.7 Å². The van der Waals surface area contributed by atoms with Gasteiger partial charge in [-0.1, -0.05) is 18.2 Å². The summed E-state index contributed by atoms with van der Waals surface area (Å²) in [4.78, 5) is 14.1. The highest BCUT2D eigenvalue weighted by atomic mass is 35.5. The number of carbonyl (C=O) groups excluding carboxylic acids is 1. The summed E-state index contributed by atoms with van der Waals surface area (Å²) < 4.78 is 38.6. The maximum Gasteiger partial charge on any atom is 0.323 e. The Kier molecular flexibility index (Phi) is 14.2. The van der Waals surface area contributed by atoms with Gasteiger partial charge >= 0.3 is 5.97 Å². The smallest absolute Gasteiger partial charge is 0.323 e. The number of anilines is 1. The van der Waals surface area contributed by atoms with Crippen LogP contribution in [0.2, 0.25) is 0 Å². The van der Waals surface area contributed by atoms with Crippen LogP contribution in [-0.4, -0.2) is 69.1 Å². The predicted octanol–water partition coefficient (Wildman–Crippen LogP) is 4.38. The summed E-state index contributed by atoms with van der Waals surface area (Å²) in [6.07, 6.45) is 5.06. The lowest BCUT2D eigenvalue weighted by Crippen LogP contribution is -2.40. The molecule has 1 fully saturated rings. The van der Waals surface area contributed by atoms with E-state index in [2.05, 4.69) is 0 Å². The maximum absolute atomic E-state index is 13.2. The normalized spacial score (nSPS) is 13.6. The van der Waals surface area contributed by atoms with Crippen LogP contribution >= 0.6 is 24.8 Å². The van der Waals surface area contributed by atoms with E-state index in [1.807, 2.05) is 17.9 Å². The van der Waals surface area contributed by atoms with E-state index >= 15 is 0 Å². The van der Waals surface area contributed by atoms with Crippen molar-refractivity contribution in [3.63, 3.8) is 0 Å². The van der Waals surface area contributed by atoms with Crippen molar-refractivity contribution in [3.8, 4) is 5.75 Å². The molecule has 1 aliphatic rings. The predicted molar refractivity (Wildman–Crippen MR) is 169 cm³/mol. The largest absolute Gasteiger partial charge is 0.490 e. The van der Waals surface area contributed by atoms with Crippen LogP contribution in [-0.2, 0) is 19.6 Å². The van der Waals surface area contributed by atoms with Gasteiger partial charge in [0.15, 0.2) is 5.75 Å². The lowest BCUT2D eigenvalue weighted by Gasteiger charge is -2.32. The van der Waals surface area contributed by atoms with Gasteiger partial charge in [-0.05, 0) is 68.3 Å². The van der Waals surface area contributed by atoms with Crippen molar-refractivity contribution >= 4 is 64.2 Å². The first kappa shape index (κ1) is 35.7. The molecule has 41 heavy (non-hydrogen) atoms. The Morgan fingerprint density at radius 2 is 1.76 bits per heavy atom. The van der Waals surface area contributed by atoms with Crippen molar-refractivity contribution in [3.05, 3.63) is 65.2 Å². The topological polar surface area (TPSA) is 150 Å². The van der Waals surface area contributed by atoms with E-state index in [1.54, 1.807) is 62.4 Å². The van der Waals surface area contributed by atoms with Crippen LogP contribution in [0.3, 0.4) is 0 Å². The number of nitrogens with two attached hydrogens (primary N) is 1. The molecule has 4 N–H and O–H groups in total. The van der Waals surface area contributed by atoms with Gasteiger partial charge in [-0.15, -0.1) is 24.8 Å². The van der Waals surface area contributed by atoms with Gasteiger partial charge in [-0.25, -0.2) is 8.42 Å². The van der Waals surface area contributed by atoms with Crippen LogP contribution in [0.25, 0.3) is 6.08 Å². The van der Waals surface area contributed by atoms with E-state index in [1.165, 1.54) is 0 Å². The second-order valence-electron chi connectivity index (χ2n) is 9.42. The summed E-state index contributed by atoms with van der Waals surface area (Å²) in [5.41, 5.74) is 8.29. The summed E-state index contributed by atoms with van der Waals surface area (Å²) >= 11 is 0. The molecule has 10 nitrogen and oxygen atoms in total. The number of nitrogens with zero attached hydrogens (tertiary/aromatic N) is 2. The summed E-state index contributed by atoms with van der Waals surface area (Å²) in [6, 6.07) is 12.2. The molecule has 0 bridgehead atoms. The number of aryl methyl sites for hydroxylation is 1. The fourth-order valence-corrected chi connectivity index (χ4v) is 5.64. The molecule has 2 aromatic carbocycles. The van der Waals surface area contributed by atoms with E-state index in [4.69, 9.17) is 26.0 Å². The number of piperidine rings is 1. The number of amidine groups is 2. The first-order valence-electron chi connectivity index (χ1n) is 12.8. The molecule has 0 saturated carbocycles. The van der Waals surface area contributed by atoms with Crippen molar-refractivity contribution in [2.24, 2.45) is 5.73 Å². The monoisotopic (exact) mass is 627 g/mol. The maximum atomic E-state index is 13.2. The number of sulfonamides is 1. The average molecular weight is 629 g/mol. The zero-order valence-corrected chi connectivity index (χ0v) is 25.9. The molecule has 0 aliphatic carbocycles. The fourth-order valence-electron chi connectivity index (χ4n) is 4.35. The number of carbonyl (C=O) groups is 1. The molecule has 0 atom stereocenters. The van der Waals surface area contributed by atoms with Crippen molar-refractivity contribution in [1.29, 1.82) is 10.8 Å². The number of likely N-dealkylation sites (tertiary alicyclic amines) is 1. The number of halogens is 2. The highest BCUT2D eigenvalue weighted by molar-refractivity contribution is 7.93. The van der Waals surface area contributed by atoms with Crippen LogP contribution in [0.5, 0.6) is 5.75 Å². The van der Waals surface area contributed by atoms with E-state index in [0.29, 0.717) is 22.8 Å². The quantitative estimate of drug-likeness (QED) is 0.190. The highest BCUT2D eigenvalue weighted by Crippen LogP contribution is 2.25. The third-order valence-corrected chi connectivity index (χ3v) is 7.91. The molecule has 1 heterocycles. The summed E-state index contributed by atoms with van der Waals surface area (Å²) in [6.45, 7) is 6.88. The second kappa shape index (κ2) is 16.2.